The molecule has 0 aliphatic heterocycles. The number of furan rings is 2. The average Bonchev–Trinajstić information content (AvgIpc) is 4.44. The maximum atomic E-state index is 15.4. The number of benzene rings is 11. The predicted molar refractivity (Wildman–Crippen MR) is 308 cm³/mol. The summed E-state index contributed by atoms with van der Waals surface area (Å²) in [5.74, 6) is -0.671. The maximum Gasteiger partial charge on any atom is 0.145 e. The van der Waals surface area contributed by atoms with Gasteiger partial charge in [0, 0.05) is 70.8 Å². The fraction of sp³-hybridized carbons (Fsp3) is 0.0435. The van der Waals surface area contributed by atoms with Crippen molar-refractivity contribution >= 4 is 109 Å². The summed E-state index contributed by atoms with van der Waals surface area (Å²) in [7, 11) is 0. The molecule has 5 heterocycles. The van der Waals surface area contributed by atoms with E-state index in [9.17, 15) is 0 Å². The first-order valence-corrected chi connectivity index (χ1v) is 25.7. The van der Waals surface area contributed by atoms with Crippen molar-refractivity contribution in [2.45, 2.75) is 19.4 Å². The quantitative estimate of drug-likeness (QED) is 0.167. The van der Waals surface area contributed by atoms with Crippen LogP contribution in [0, 0.1) is 11.6 Å². The van der Waals surface area contributed by atoms with Gasteiger partial charge in [0.1, 0.15) is 34.0 Å². The van der Waals surface area contributed by atoms with E-state index >= 15 is 8.78 Å². The lowest BCUT2D eigenvalue weighted by Gasteiger charge is -2.37. The molecule has 0 spiro atoms. The van der Waals surface area contributed by atoms with Gasteiger partial charge in [-0.25, -0.2) is 8.78 Å². The molecule has 0 bridgehead atoms. The maximum absolute atomic E-state index is 15.4. The molecule has 5 nitrogen and oxygen atoms in total. The van der Waals surface area contributed by atoms with E-state index in [0.29, 0.717) is 0 Å². The Bertz CT molecular complexity index is 4790. The van der Waals surface area contributed by atoms with Gasteiger partial charge in [0.05, 0.1) is 49.8 Å². The molecule has 0 N–H and O–H groups in total. The summed E-state index contributed by atoms with van der Waals surface area (Å²) in [5, 5.41) is 10.5. The Balaban J connectivity index is 1.19. The standard InChI is InChI=1S/C69H43F2N3O2/c1-69(2,74-56-23-11-3-15-44(56)45-16-4-12-24-57(45)74)64-65(72-54-21-9-5-19-50(54)62-58(72)37-35-48-46-17-7-13-25-60(46)75-67(48)62)52(40-27-31-42(70)32-28-40)39-53(41-29-33-43(71)34-30-41)66(64)73-55-22-10-6-20-51(55)63-59(73)38-36-49-47-18-8-14-26-61(47)76-68(49)63/h3-39H,1-2H3. The van der Waals surface area contributed by atoms with Crippen molar-refractivity contribution in [1.29, 1.82) is 0 Å². The van der Waals surface area contributed by atoms with Crippen molar-refractivity contribution < 1.29 is 17.6 Å². The van der Waals surface area contributed by atoms with E-state index < -0.39 is 5.54 Å². The highest BCUT2D eigenvalue weighted by atomic mass is 19.1. The molecule has 0 atom stereocenters. The third-order valence-corrected chi connectivity index (χ3v) is 16.1. The van der Waals surface area contributed by atoms with Crippen LogP contribution in [0.2, 0.25) is 0 Å². The van der Waals surface area contributed by atoms with Crippen LogP contribution in [0.3, 0.4) is 0 Å². The molecule has 0 radical (unpaired) electrons. The molecule has 16 aromatic rings. The lowest BCUT2D eigenvalue weighted by atomic mass is 9.82. The summed E-state index contributed by atoms with van der Waals surface area (Å²) in [6.45, 7) is 4.65. The molecule has 360 valence electrons. The van der Waals surface area contributed by atoms with E-state index in [1.807, 2.05) is 48.5 Å². The normalized spacial score (nSPS) is 12.5. The molecular weight excluding hydrogens is 941 g/mol. The third-order valence-electron chi connectivity index (χ3n) is 16.1. The fourth-order valence-corrected chi connectivity index (χ4v) is 13.0. The van der Waals surface area contributed by atoms with Crippen molar-refractivity contribution in [1.82, 2.24) is 13.7 Å². The van der Waals surface area contributed by atoms with Gasteiger partial charge >= 0.3 is 0 Å². The number of rotatable bonds is 6. The fourth-order valence-electron chi connectivity index (χ4n) is 13.0. The second kappa shape index (κ2) is 15.7. The number of halogens is 2. The number of fused-ring (bicyclic) bond motifs is 17. The summed E-state index contributed by atoms with van der Waals surface area (Å²) >= 11 is 0. The van der Waals surface area contributed by atoms with Crippen LogP contribution in [0.4, 0.5) is 8.78 Å². The van der Waals surface area contributed by atoms with Crippen LogP contribution in [0.1, 0.15) is 19.4 Å². The van der Waals surface area contributed by atoms with Crippen molar-refractivity contribution in [2.24, 2.45) is 0 Å². The molecule has 0 fully saturated rings. The van der Waals surface area contributed by atoms with Gasteiger partial charge in [0.2, 0.25) is 0 Å². The molecule has 7 heteroatoms. The second-order valence-electron chi connectivity index (χ2n) is 20.6. The largest absolute Gasteiger partial charge is 0.455 e. The van der Waals surface area contributed by atoms with Gasteiger partial charge in [-0.3, -0.25) is 0 Å². The first-order chi connectivity index (χ1) is 37.3. The average molecular weight is 984 g/mol. The Hall–Kier alpha value is -9.72. The molecule has 0 aliphatic rings. The SMILES string of the molecule is CC(C)(c1c(-n2c3ccccc3c3c4oc5ccccc5c4ccc32)c(-c2ccc(F)cc2)cc(-c2ccc(F)cc2)c1-n1c2ccccc2c2c3oc4ccccc4c3ccc21)n1c2ccccc2c2ccccc21. The zero-order valence-corrected chi connectivity index (χ0v) is 41.3. The van der Waals surface area contributed by atoms with Crippen molar-refractivity contribution in [3.8, 4) is 33.6 Å². The van der Waals surface area contributed by atoms with E-state index in [1.54, 1.807) is 0 Å². The first kappa shape index (κ1) is 42.8. The highest BCUT2D eigenvalue weighted by molar-refractivity contribution is 6.26. The Morgan fingerprint density at radius 3 is 1.14 bits per heavy atom. The van der Waals surface area contributed by atoms with Crippen molar-refractivity contribution in [3.05, 3.63) is 242 Å². The van der Waals surface area contributed by atoms with E-state index in [2.05, 4.69) is 179 Å². The van der Waals surface area contributed by atoms with Crippen LogP contribution in [0.5, 0.6) is 0 Å². The Labute approximate surface area is 433 Å². The summed E-state index contributed by atoms with van der Waals surface area (Å²) in [4.78, 5) is 0. The summed E-state index contributed by atoms with van der Waals surface area (Å²) in [6.07, 6.45) is 0. The minimum atomic E-state index is -0.930. The molecule has 5 aromatic heterocycles. The number of hydrogen-bond acceptors (Lipinski definition) is 2. The molecule has 76 heavy (non-hydrogen) atoms. The molecule has 0 saturated heterocycles. The number of hydrogen-bond donors (Lipinski definition) is 0. The molecule has 11 aromatic carbocycles. The Morgan fingerprint density at radius 1 is 0.342 bits per heavy atom. The van der Waals surface area contributed by atoms with Crippen molar-refractivity contribution in [3.63, 3.8) is 0 Å². The van der Waals surface area contributed by atoms with Crippen LogP contribution in [0.15, 0.2) is 233 Å². The minimum Gasteiger partial charge on any atom is -0.455 e. The van der Waals surface area contributed by atoms with Gasteiger partial charge in [-0.15, -0.1) is 0 Å². The summed E-state index contributed by atoms with van der Waals surface area (Å²) < 4.78 is 52.0. The first-order valence-electron chi connectivity index (χ1n) is 25.7. The monoisotopic (exact) mass is 983 g/mol. The van der Waals surface area contributed by atoms with E-state index in [1.165, 1.54) is 24.3 Å². The van der Waals surface area contributed by atoms with Crippen LogP contribution in [-0.2, 0) is 5.54 Å². The second-order valence-corrected chi connectivity index (χ2v) is 20.6. The Morgan fingerprint density at radius 2 is 0.711 bits per heavy atom. The Kier molecular flexibility index (Phi) is 8.80. The summed E-state index contributed by atoms with van der Waals surface area (Å²) in [5.41, 5.74) is 14.4. The van der Waals surface area contributed by atoms with Crippen LogP contribution in [0.25, 0.3) is 143 Å². The number of para-hydroxylation sites is 6. The highest BCUT2D eigenvalue weighted by Gasteiger charge is 2.38. The molecular formula is C69H43F2N3O2. The van der Waals surface area contributed by atoms with Gasteiger partial charge in [-0.2, -0.15) is 0 Å². The smallest absolute Gasteiger partial charge is 0.145 e. The number of aromatic nitrogens is 3. The van der Waals surface area contributed by atoms with E-state index in [4.69, 9.17) is 8.83 Å². The molecule has 0 saturated carbocycles. The lowest BCUT2D eigenvalue weighted by molar-refractivity contribution is 0.462. The van der Waals surface area contributed by atoms with Crippen molar-refractivity contribution in [2.75, 3.05) is 0 Å². The van der Waals surface area contributed by atoms with Gasteiger partial charge < -0.3 is 22.5 Å². The van der Waals surface area contributed by atoms with E-state index in [-0.39, 0.29) is 11.6 Å². The van der Waals surface area contributed by atoms with Crippen LogP contribution in [-0.4, -0.2) is 13.7 Å². The zero-order valence-electron chi connectivity index (χ0n) is 41.3. The van der Waals surface area contributed by atoms with Crippen LogP contribution >= 0.6 is 0 Å². The molecule has 0 amide bonds. The van der Waals surface area contributed by atoms with Gasteiger partial charge in [0.25, 0.3) is 0 Å². The molecule has 0 unspecified atom stereocenters. The van der Waals surface area contributed by atoms with Gasteiger partial charge in [-0.05, 0) is 116 Å². The molecule has 0 aliphatic carbocycles. The summed E-state index contributed by atoms with van der Waals surface area (Å²) in [6, 6.07) is 75.7. The number of nitrogens with zero attached hydrogens (tertiary/aromatic N) is 3. The molecule has 16 rings (SSSR count). The van der Waals surface area contributed by atoms with E-state index in [0.717, 1.165) is 148 Å². The minimum absolute atomic E-state index is 0.335. The third kappa shape index (κ3) is 5.82. The predicted octanol–water partition coefficient (Wildman–Crippen LogP) is 19.2. The van der Waals surface area contributed by atoms with Crippen LogP contribution < -0.4 is 0 Å². The zero-order chi connectivity index (χ0) is 50.6. The van der Waals surface area contributed by atoms with Gasteiger partial charge in [0.15, 0.2) is 0 Å². The topological polar surface area (TPSA) is 41.1 Å². The lowest BCUT2D eigenvalue weighted by Crippen LogP contribution is -2.31. The van der Waals surface area contributed by atoms with Gasteiger partial charge in [-0.1, -0.05) is 133 Å². The highest BCUT2D eigenvalue weighted by Crippen LogP contribution is 2.53.